The molecular formula is C14H28N2O. The first-order valence-corrected chi connectivity index (χ1v) is 7.46. The number of nitrogens with zero attached hydrogens (tertiary/aromatic N) is 1. The van der Waals surface area contributed by atoms with Crippen molar-refractivity contribution in [2.45, 2.75) is 70.1 Å². The normalized spacial score (nSPS) is 32.8. The number of hydrogen-bond donors (Lipinski definition) is 2. The van der Waals surface area contributed by atoms with Crippen molar-refractivity contribution in [1.29, 1.82) is 0 Å². The van der Waals surface area contributed by atoms with Crippen LogP contribution in [0, 0.1) is 0 Å². The molecule has 0 bridgehead atoms. The summed E-state index contributed by atoms with van der Waals surface area (Å²) in [5, 5.41) is 13.7. The second-order valence-corrected chi connectivity index (χ2v) is 5.74. The van der Waals surface area contributed by atoms with Crippen LogP contribution in [0.5, 0.6) is 0 Å². The third kappa shape index (κ3) is 3.94. The van der Waals surface area contributed by atoms with Crippen molar-refractivity contribution in [3.05, 3.63) is 0 Å². The van der Waals surface area contributed by atoms with Gasteiger partial charge in [0.2, 0.25) is 0 Å². The summed E-state index contributed by atoms with van der Waals surface area (Å²) in [5.41, 5.74) is 0. The predicted octanol–water partition coefficient (Wildman–Crippen LogP) is 1.75. The molecule has 100 valence electrons. The highest BCUT2D eigenvalue weighted by molar-refractivity contribution is 4.86. The van der Waals surface area contributed by atoms with E-state index >= 15 is 0 Å². The van der Waals surface area contributed by atoms with Crippen LogP contribution >= 0.6 is 0 Å². The molecule has 0 aromatic carbocycles. The van der Waals surface area contributed by atoms with Crippen molar-refractivity contribution in [2.75, 3.05) is 19.6 Å². The van der Waals surface area contributed by atoms with Gasteiger partial charge in [-0.05, 0) is 51.7 Å². The maximum absolute atomic E-state index is 9.96. The Morgan fingerprint density at radius 2 is 1.82 bits per heavy atom. The number of hydrogen-bond acceptors (Lipinski definition) is 3. The van der Waals surface area contributed by atoms with Gasteiger partial charge < -0.3 is 15.3 Å². The van der Waals surface area contributed by atoms with E-state index in [1.54, 1.807) is 0 Å². The smallest absolute Gasteiger partial charge is 0.0693 e. The SMILES string of the molecule is CCCN1CCC(N[C@H]2CCCC[C@@H]2O)CC1. The molecule has 0 radical (unpaired) electrons. The third-order valence-corrected chi connectivity index (χ3v) is 4.31. The second kappa shape index (κ2) is 6.72. The molecule has 2 aliphatic rings. The average molecular weight is 240 g/mol. The molecule has 3 heteroatoms. The minimum absolute atomic E-state index is 0.0996. The predicted molar refractivity (Wildman–Crippen MR) is 71.2 cm³/mol. The number of aliphatic hydroxyl groups excluding tert-OH is 1. The molecule has 0 unspecified atom stereocenters. The second-order valence-electron chi connectivity index (χ2n) is 5.74. The summed E-state index contributed by atoms with van der Waals surface area (Å²) >= 11 is 0. The first kappa shape index (κ1) is 13.3. The van der Waals surface area contributed by atoms with Crippen molar-refractivity contribution in [3.63, 3.8) is 0 Å². The van der Waals surface area contributed by atoms with Crippen LogP contribution in [-0.2, 0) is 0 Å². The topological polar surface area (TPSA) is 35.5 Å². The Hall–Kier alpha value is -0.120. The van der Waals surface area contributed by atoms with Crippen LogP contribution in [-0.4, -0.2) is 47.8 Å². The minimum atomic E-state index is -0.0996. The Morgan fingerprint density at radius 3 is 2.47 bits per heavy atom. The van der Waals surface area contributed by atoms with Crippen LogP contribution in [0.2, 0.25) is 0 Å². The fourth-order valence-corrected chi connectivity index (χ4v) is 3.25. The van der Waals surface area contributed by atoms with Crippen molar-refractivity contribution < 1.29 is 5.11 Å². The van der Waals surface area contributed by atoms with Gasteiger partial charge in [0.1, 0.15) is 0 Å². The molecule has 0 aromatic rings. The van der Waals surface area contributed by atoms with Gasteiger partial charge in [-0.1, -0.05) is 19.8 Å². The van der Waals surface area contributed by atoms with Gasteiger partial charge in [0, 0.05) is 12.1 Å². The van der Waals surface area contributed by atoms with E-state index in [1.165, 1.54) is 51.7 Å². The van der Waals surface area contributed by atoms with E-state index in [0.717, 1.165) is 12.8 Å². The van der Waals surface area contributed by atoms with Crippen molar-refractivity contribution in [2.24, 2.45) is 0 Å². The van der Waals surface area contributed by atoms with Crippen LogP contribution in [0.15, 0.2) is 0 Å². The lowest BCUT2D eigenvalue weighted by Gasteiger charge is -2.37. The molecule has 2 fully saturated rings. The number of likely N-dealkylation sites (tertiary alicyclic amines) is 1. The average Bonchev–Trinajstić information content (AvgIpc) is 2.35. The molecule has 1 saturated carbocycles. The van der Waals surface area contributed by atoms with E-state index in [4.69, 9.17) is 0 Å². The standard InChI is InChI=1S/C14H28N2O/c1-2-9-16-10-7-12(8-11-16)15-13-5-3-4-6-14(13)17/h12-15,17H,2-11H2,1H3/t13-,14-/m0/s1. The number of aliphatic hydroxyl groups is 1. The van der Waals surface area contributed by atoms with Crippen LogP contribution in [0.25, 0.3) is 0 Å². The maximum atomic E-state index is 9.96. The summed E-state index contributed by atoms with van der Waals surface area (Å²) in [6, 6.07) is 1.01. The molecule has 1 heterocycles. The van der Waals surface area contributed by atoms with E-state index in [1.807, 2.05) is 0 Å². The molecule has 1 aliphatic heterocycles. The van der Waals surface area contributed by atoms with Gasteiger partial charge in [0.25, 0.3) is 0 Å². The summed E-state index contributed by atoms with van der Waals surface area (Å²) in [6.45, 7) is 5.96. The summed E-state index contributed by atoms with van der Waals surface area (Å²) in [7, 11) is 0. The molecular weight excluding hydrogens is 212 g/mol. The summed E-state index contributed by atoms with van der Waals surface area (Å²) in [6.07, 6.45) is 8.31. The Bertz CT molecular complexity index is 214. The maximum Gasteiger partial charge on any atom is 0.0693 e. The zero-order valence-electron chi connectivity index (χ0n) is 11.2. The third-order valence-electron chi connectivity index (χ3n) is 4.31. The van der Waals surface area contributed by atoms with Gasteiger partial charge in [-0.2, -0.15) is 0 Å². The van der Waals surface area contributed by atoms with Crippen LogP contribution in [0.3, 0.4) is 0 Å². The Balaban J connectivity index is 1.70. The lowest BCUT2D eigenvalue weighted by atomic mass is 9.91. The molecule has 2 rings (SSSR count). The molecule has 2 N–H and O–H groups in total. The molecule has 1 saturated heterocycles. The minimum Gasteiger partial charge on any atom is -0.392 e. The Kier molecular flexibility index (Phi) is 5.26. The van der Waals surface area contributed by atoms with E-state index in [2.05, 4.69) is 17.1 Å². The van der Waals surface area contributed by atoms with Gasteiger partial charge in [-0.25, -0.2) is 0 Å². The highest BCUT2D eigenvalue weighted by Crippen LogP contribution is 2.20. The monoisotopic (exact) mass is 240 g/mol. The van der Waals surface area contributed by atoms with E-state index in [9.17, 15) is 5.11 Å². The molecule has 3 nitrogen and oxygen atoms in total. The fraction of sp³-hybridized carbons (Fsp3) is 1.00. The fourth-order valence-electron chi connectivity index (χ4n) is 3.25. The largest absolute Gasteiger partial charge is 0.392 e. The summed E-state index contributed by atoms with van der Waals surface area (Å²) < 4.78 is 0. The number of piperidine rings is 1. The van der Waals surface area contributed by atoms with Crippen LogP contribution in [0.1, 0.15) is 51.9 Å². The quantitative estimate of drug-likeness (QED) is 0.786. The summed E-state index contributed by atoms with van der Waals surface area (Å²) in [4.78, 5) is 2.56. The molecule has 0 spiro atoms. The van der Waals surface area contributed by atoms with Crippen LogP contribution in [0.4, 0.5) is 0 Å². The van der Waals surface area contributed by atoms with Gasteiger partial charge >= 0.3 is 0 Å². The van der Waals surface area contributed by atoms with E-state index < -0.39 is 0 Å². The highest BCUT2D eigenvalue weighted by atomic mass is 16.3. The number of rotatable bonds is 4. The Labute approximate surface area is 106 Å². The zero-order chi connectivity index (χ0) is 12.1. The van der Waals surface area contributed by atoms with Gasteiger partial charge in [0.05, 0.1) is 6.10 Å². The molecule has 0 amide bonds. The summed E-state index contributed by atoms with van der Waals surface area (Å²) in [5.74, 6) is 0. The zero-order valence-corrected chi connectivity index (χ0v) is 11.2. The van der Waals surface area contributed by atoms with Gasteiger partial charge in [0.15, 0.2) is 0 Å². The molecule has 17 heavy (non-hydrogen) atoms. The first-order valence-electron chi connectivity index (χ1n) is 7.46. The lowest BCUT2D eigenvalue weighted by Crippen LogP contribution is -2.51. The van der Waals surface area contributed by atoms with Gasteiger partial charge in [-0.15, -0.1) is 0 Å². The molecule has 0 aromatic heterocycles. The molecule has 2 atom stereocenters. The van der Waals surface area contributed by atoms with Gasteiger partial charge in [-0.3, -0.25) is 0 Å². The first-order chi connectivity index (χ1) is 8.29. The lowest BCUT2D eigenvalue weighted by molar-refractivity contribution is 0.0765. The Morgan fingerprint density at radius 1 is 1.12 bits per heavy atom. The van der Waals surface area contributed by atoms with E-state index in [-0.39, 0.29) is 6.10 Å². The van der Waals surface area contributed by atoms with Crippen molar-refractivity contribution in [3.8, 4) is 0 Å². The number of nitrogens with one attached hydrogen (secondary N) is 1. The van der Waals surface area contributed by atoms with Crippen LogP contribution < -0.4 is 5.32 Å². The van der Waals surface area contributed by atoms with E-state index in [0.29, 0.717) is 12.1 Å². The molecule has 1 aliphatic carbocycles. The van der Waals surface area contributed by atoms with Crippen molar-refractivity contribution in [1.82, 2.24) is 10.2 Å². The highest BCUT2D eigenvalue weighted by Gasteiger charge is 2.27. The van der Waals surface area contributed by atoms with Crippen molar-refractivity contribution >= 4 is 0 Å².